The van der Waals surface area contributed by atoms with Crippen LogP contribution in [0.1, 0.15) is 15.4 Å². The number of hydrogen-bond donors (Lipinski definition) is 0. The number of aromatic nitrogens is 1. The lowest BCUT2D eigenvalue weighted by atomic mass is 10.2. The minimum Gasteiger partial charge on any atom is -0.452 e. The van der Waals surface area contributed by atoms with E-state index in [1.54, 1.807) is 7.05 Å². The van der Waals surface area contributed by atoms with Gasteiger partial charge in [-0.05, 0) is 24.3 Å². The molecule has 1 heterocycles. The molecular weight excluding hydrogens is 379 g/mol. The Kier molecular flexibility index (Phi) is 5.49. The molecule has 0 saturated heterocycles. The minimum atomic E-state index is -0.977. The predicted molar refractivity (Wildman–Crippen MR) is 97.8 cm³/mol. The van der Waals surface area contributed by atoms with Crippen LogP contribution in [0, 0.1) is 5.82 Å². The number of rotatable bonds is 5. The van der Waals surface area contributed by atoms with E-state index in [9.17, 15) is 14.0 Å². The third kappa shape index (κ3) is 4.00. The van der Waals surface area contributed by atoms with Crippen molar-refractivity contribution >= 4 is 45.0 Å². The molecule has 3 rings (SSSR count). The fourth-order valence-corrected chi connectivity index (χ4v) is 3.54. The average molecular weight is 393 g/mol. The number of ether oxygens (including phenoxy) is 1. The Labute approximate surface area is 158 Å². The number of para-hydroxylation sites is 1. The van der Waals surface area contributed by atoms with Crippen LogP contribution in [0.15, 0.2) is 42.5 Å². The van der Waals surface area contributed by atoms with Crippen molar-refractivity contribution in [2.24, 2.45) is 0 Å². The Balaban J connectivity index is 1.59. The molecule has 134 valence electrons. The smallest absolute Gasteiger partial charge is 0.343 e. The number of benzene rings is 2. The topological polar surface area (TPSA) is 59.5 Å². The summed E-state index contributed by atoms with van der Waals surface area (Å²) >= 11 is 7.29. The number of esters is 1. The number of carbonyl (C=O) groups is 2. The summed E-state index contributed by atoms with van der Waals surface area (Å²) in [5.74, 6) is -2.20. The van der Waals surface area contributed by atoms with E-state index in [0.717, 1.165) is 21.3 Å². The average Bonchev–Trinajstić information content (AvgIpc) is 3.01. The molecule has 0 N–H and O–H groups in total. The zero-order valence-corrected chi connectivity index (χ0v) is 15.3. The van der Waals surface area contributed by atoms with E-state index in [1.165, 1.54) is 28.4 Å². The third-order valence-electron chi connectivity index (χ3n) is 3.63. The molecule has 0 aliphatic heterocycles. The van der Waals surface area contributed by atoms with Crippen LogP contribution < -0.4 is 0 Å². The molecule has 0 radical (unpaired) electrons. The van der Waals surface area contributed by atoms with Crippen molar-refractivity contribution < 1.29 is 18.7 Å². The lowest BCUT2D eigenvalue weighted by Gasteiger charge is -2.15. The first-order valence-corrected chi connectivity index (χ1v) is 8.84. The first-order valence-electron chi connectivity index (χ1n) is 7.65. The Morgan fingerprint density at radius 3 is 2.73 bits per heavy atom. The zero-order chi connectivity index (χ0) is 18.7. The Morgan fingerprint density at radius 2 is 2.00 bits per heavy atom. The largest absolute Gasteiger partial charge is 0.452 e. The van der Waals surface area contributed by atoms with Crippen molar-refractivity contribution in [1.82, 2.24) is 9.88 Å². The normalized spacial score (nSPS) is 10.7. The molecule has 0 bridgehead atoms. The van der Waals surface area contributed by atoms with Gasteiger partial charge in [-0.2, -0.15) is 0 Å². The van der Waals surface area contributed by atoms with Crippen LogP contribution in [-0.2, 0) is 16.1 Å². The van der Waals surface area contributed by atoms with Crippen LogP contribution in [0.3, 0.4) is 0 Å². The number of nitrogens with zero attached hydrogens (tertiary/aromatic N) is 2. The maximum Gasteiger partial charge on any atom is 0.343 e. The lowest BCUT2D eigenvalue weighted by molar-refractivity contribution is -0.133. The molecule has 0 unspecified atom stereocenters. The Bertz CT molecular complexity index is 923. The molecule has 8 heteroatoms. The summed E-state index contributed by atoms with van der Waals surface area (Å²) in [6, 6.07) is 11.5. The molecule has 5 nitrogen and oxygen atoms in total. The number of thiazole rings is 1. The van der Waals surface area contributed by atoms with Gasteiger partial charge < -0.3 is 9.64 Å². The molecule has 0 aliphatic rings. The second kappa shape index (κ2) is 7.80. The summed E-state index contributed by atoms with van der Waals surface area (Å²) in [6.07, 6.45) is 0. The van der Waals surface area contributed by atoms with Gasteiger partial charge in [-0.1, -0.05) is 29.8 Å². The van der Waals surface area contributed by atoms with E-state index in [4.69, 9.17) is 16.3 Å². The van der Waals surface area contributed by atoms with Gasteiger partial charge in [0.2, 0.25) is 0 Å². The highest BCUT2D eigenvalue weighted by Crippen LogP contribution is 2.22. The van der Waals surface area contributed by atoms with Crippen molar-refractivity contribution in [1.29, 1.82) is 0 Å². The maximum atomic E-state index is 13.7. The summed E-state index contributed by atoms with van der Waals surface area (Å²) < 4.78 is 19.6. The van der Waals surface area contributed by atoms with Crippen molar-refractivity contribution in [2.45, 2.75) is 6.54 Å². The molecule has 1 amide bonds. The van der Waals surface area contributed by atoms with Crippen LogP contribution in [-0.4, -0.2) is 35.4 Å². The van der Waals surface area contributed by atoms with Crippen molar-refractivity contribution in [3.8, 4) is 0 Å². The molecule has 3 aromatic rings. The van der Waals surface area contributed by atoms with E-state index in [0.29, 0.717) is 0 Å². The fourth-order valence-electron chi connectivity index (χ4n) is 2.28. The van der Waals surface area contributed by atoms with E-state index < -0.39 is 24.3 Å². The number of fused-ring (bicyclic) bond motifs is 1. The molecule has 0 fully saturated rings. The fraction of sp³-hybridized carbons (Fsp3) is 0.167. The number of halogens is 2. The summed E-state index contributed by atoms with van der Waals surface area (Å²) in [4.78, 5) is 30.0. The first-order chi connectivity index (χ1) is 12.5. The van der Waals surface area contributed by atoms with E-state index in [2.05, 4.69) is 4.98 Å². The van der Waals surface area contributed by atoms with E-state index in [1.807, 2.05) is 24.3 Å². The van der Waals surface area contributed by atoms with Gasteiger partial charge in [0, 0.05) is 7.05 Å². The highest BCUT2D eigenvalue weighted by atomic mass is 35.5. The van der Waals surface area contributed by atoms with E-state index in [-0.39, 0.29) is 17.1 Å². The molecule has 0 atom stereocenters. The standard InChI is InChI=1S/C18H14ClFN2O3S/c1-22(9-15-21-13-7-2-3-8-14(13)26-15)16(23)10-25-18(24)17-11(19)5-4-6-12(17)20/h2-8H,9-10H2,1H3. The van der Waals surface area contributed by atoms with Crippen LogP contribution in [0.5, 0.6) is 0 Å². The summed E-state index contributed by atoms with van der Waals surface area (Å²) in [5.41, 5.74) is 0.491. The van der Waals surface area contributed by atoms with Gasteiger partial charge in [0.25, 0.3) is 5.91 Å². The first kappa shape index (κ1) is 18.3. The van der Waals surface area contributed by atoms with Gasteiger partial charge in [0.1, 0.15) is 16.4 Å². The molecular formula is C18H14ClFN2O3S. The van der Waals surface area contributed by atoms with Gasteiger partial charge >= 0.3 is 5.97 Å². The monoisotopic (exact) mass is 392 g/mol. The zero-order valence-electron chi connectivity index (χ0n) is 13.7. The van der Waals surface area contributed by atoms with Crippen molar-refractivity contribution in [3.05, 3.63) is 63.9 Å². The highest BCUT2D eigenvalue weighted by molar-refractivity contribution is 7.18. The Morgan fingerprint density at radius 1 is 1.23 bits per heavy atom. The molecule has 0 spiro atoms. The van der Waals surface area contributed by atoms with Gasteiger partial charge in [0.15, 0.2) is 6.61 Å². The molecule has 0 aliphatic carbocycles. The molecule has 2 aromatic carbocycles. The second-order valence-corrected chi connectivity index (χ2v) is 7.02. The van der Waals surface area contributed by atoms with E-state index >= 15 is 0 Å². The quantitative estimate of drug-likeness (QED) is 0.618. The third-order valence-corrected chi connectivity index (χ3v) is 4.97. The number of likely N-dealkylation sites (N-methyl/N-ethyl adjacent to an activating group) is 1. The van der Waals surface area contributed by atoms with Gasteiger partial charge in [0.05, 0.1) is 21.8 Å². The summed E-state index contributed by atoms with van der Waals surface area (Å²) in [5, 5.41) is 0.704. The molecule has 26 heavy (non-hydrogen) atoms. The van der Waals surface area contributed by atoms with Crippen LogP contribution in [0.25, 0.3) is 10.2 Å². The van der Waals surface area contributed by atoms with Crippen LogP contribution in [0.4, 0.5) is 4.39 Å². The number of hydrogen-bond acceptors (Lipinski definition) is 5. The van der Waals surface area contributed by atoms with Gasteiger partial charge in [-0.25, -0.2) is 14.2 Å². The predicted octanol–water partition coefficient (Wildman–Crippen LogP) is 3.90. The maximum absolute atomic E-state index is 13.7. The van der Waals surface area contributed by atoms with Crippen LogP contribution in [0.2, 0.25) is 5.02 Å². The molecule has 1 aromatic heterocycles. The number of carbonyl (C=O) groups excluding carboxylic acids is 2. The van der Waals surface area contributed by atoms with Gasteiger partial charge in [-0.3, -0.25) is 4.79 Å². The van der Waals surface area contributed by atoms with Crippen LogP contribution >= 0.6 is 22.9 Å². The SMILES string of the molecule is CN(Cc1nc2ccccc2s1)C(=O)COC(=O)c1c(F)cccc1Cl. The Hall–Kier alpha value is -2.51. The second-order valence-electron chi connectivity index (χ2n) is 5.50. The highest BCUT2D eigenvalue weighted by Gasteiger charge is 2.20. The summed E-state index contributed by atoms with van der Waals surface area (Å²) in [6.45, 7) is -0.221. The minimum absolute atomic E-state index is 0.0646. The number of amides is 1. The van der Waals surface area contributed by atoms with Crippen molar-refractivity contribution in [2.75, 3.05) is 13.7 Å². The lowest BCUT2D eigenvalue weighted by Crippen LogP contribution is -2.31. The van der Waals surface area contributed by atoms with Gasteiger partial charge in [-0.15, -0.1) is 11.3 Å². The molecule has 0 saturated carbocycles. The summed E-state index contributed by atoms with van der Waals surface area (Å²) in [7, 11) is 1.58. The van der Waals surface area contributed by atoms with Crippen molar-refractivity contribution in [3.63, 3.8) is 0 Å².